The van der Waals surface area contributed by atoms with Crippen LogP contribution in [0.4, 0.5) is 5.82 Å². The van der Waals surface area contributed by atoms with Gasteiger partial charge in [-0.25, -0.2) is 9.97 Å². The van der Waals surface area contributed by atoms with Crippen LogP contribution >= 0.6 is 11.6 Å². The fraction of sp³-hybridized carbons (Fsp3) is 0.750. The summed E-state index contributed by atoms with van der Waals surface area (Å²) in [7, 11) is 0. The summed E-state index contributed by atoms with van der Waals surface area (Å²) in [6.07, 6.45) is 5.68. The van der Waals surface area contributed by atoms with E-state index in [1.165, 1.54) is 25.7 Å². The second-order valence-electron chi connectivity index (χ2n) is 6.72. The Morgan fingerprint density at radius 2 is 1.75 bits per heavy atom. The molecule has 2 aliphatic rings. The molecule has 0 aliphatic heterocycles. The number of hydrogen-bond donors (Lipinski definition) is 1. The van der Waals surface area contributed by atoms with Crippen molar-refractivity contribution in [1.29, 1.82) is 0 Å². The van der Waals surface area contributed by atoms with Crippen molar-refractivity contribution in [3.8, 4) is 0 Å². The number of nitrogens with one attached hydrogen (secondary N) is 1. The summed E-state index contributed by atoms with van der Waals surface area (Å²) in [4.78, 5) is 9.03. The van der Waals surface area contributed by atoms with Crippen LogP contribution in [-0.2, 0) is 0 Å². The third kappa shape index (κ3) is 3.08. The van der Waals surface area contributed by atoms with Crippen LogP contribution in [0.5, 0.6) is 0 Å². The molecule has 0 unspecified atom stereocenters. The monoisotopic (exact) mass is 293 g/mol. The van der Waals surface area contributed by atoms with E-state index in [0.29, 0.717) is 11.1 Å². The second-order valence-corrected chi connectivity index (χ2v) is 7.08. The molecule has 2 aliphatic carbocycles. The Morgan fingerprint density at radius 3 is 2.25 bits per heavy atom. The molecule has 0 bridgehead atoms. The van der Waals surface area contributed by atoms with E-state index in [0.717, 1.165) is 41.5 Å². The zero-order chi connectivity index (χ0) is 14.3. The maximum absolute atomic E-state index is 6.24. The van der Waals surface area contributed by atoms with E-state index in [9.17, 15) is 0 Å². The number of hydrogen-bond acceptors (Lipinski definition) is 3. The van der Waals surface area contributed by atoms with E-state index in [2.05, 4.69) is 29.1 Å². The van der Waals surface area contributed by atoms with E-state index >= 15 is 0 Å². The van der Waals surface area contributed by atoms with Crippen molar-refractivity contribution in [2.24, 2.45) is 17.8 Å². The normalized spacial score (nSPS) is 18.9. The van der Waals surface area contributed by atoms with Crippen LogP contribution in [0.3, 0.4) is 0 Å². The molecule has 2 saturated carbocycles. The van der Waals surface area contributed by atoms with Crippen LogP contribution in [0.1, 0.15) is 56.8 Å². The van der Waals surface area contributed by atoms with Gasteiger partial charge in [0.1, 0.15) is 16.8 Å². The minimum atomic E-state index is 0.302. The van der Waals surface area contributed by atoms with Gasteiger partial charge in [-0.1, -0.05) is 25.4 Å². The predicted molar refractivity (Wildman–Crippen MR) is 83.3 cm³/mol. The van der Waals surface area contributed by atoms with Crippen LogP contribution in [0, 0.1) is 24.7 Å². The molecular formula is C16H24ClN3. The standard InChI is InChI=1S/C16H24ClN3/c1-9(2)15-19-14(17)10(3)16(20-15)18-8-13(11-4-5-11)12-6-7-12/h9,11-13H,4-8H2,1-3H3,(H,18,19,20). The van der Waals surface area contributed by atoms with Crippen molar-refractivity contribution in [2.75, 3.05) is 11.9 Å². The lowest BCUT2D eigenvalue weighted by atomic mass is 9.98. The number of halogens is 1. The molecule has 1 aromatic heterocycles. The first-order chi connectivity index (χ1) is 9.56. The lowest BCUT2D eigenvalue weighted by Crippen LogP contribution is -2.20. The van der Waals surface area contributed by atoms with E-state index in [4.69, 9.17) is 11.6 Å². The van der Waals surface area contributed by atoms with Crippen molar-refractivity contribution < 1.29 is 0 Å². The Balaban J connectivity index is 1.72. The number of aromatic nitrogens is 2. The molecule has 0 amide bonds. The lowest BCUT2D eigenvalue weighted by molar-refractivity contribution is 0.427. The highest BCUT2D eigenvalue weighted by Gasteiger charge is 2.41. The number of anilines is 1. The molecule has 0 atom stereocenters. The molecule has 2 fully saturated rings. The molecule has 0 aromatic carbocycles. The third-order valence-corrected chi connectivity index (χ3v) is 4.95. The fourth-order valence-corrected chi connectivity index (χ4v) is 3.09. The van der Waals surface area contributed by atoms with Crippen molar-refractivity contribution in [3.05, 3.63) is 16.5 Å². The summed E-state index contributed by atoms with van der Waals surface area (Å²) in [5.74, 6) is 4.81. The Labute approximate surface area is 126 Å². The largest absolute Gasteiger partial charge is 0.369 e. The molecule has 4 heteroatoms. The average molecular weight is 294 g/mol. The van der Waals surface area contributed by atoms with Gasteiger partial charge in [-0.05, 0) is 50.4 Å². The molecule has 0 radical (unpaired) electrons. The zero-order valence-corrected chi connectivity index (χ0v) is 13.4. The molecule has 20 heavy (non-hydrogen) atoms. The van der Waals surface area contributed by atoms with E-state index in [-0.39, 0.29) is 0 Å². The Kier molecular flexibility index (Phi) is 3.89. The maximum Gasteiger partial charge on any atom is 0.137 e. The summed E-state index contributed by atoms with van der Waals surface area (Å²) < 4.78 is 0. The smallest absolute Gasteiger partial charge is 0.137 e. The first kappa shape index (κ1) is 14.1. The van der Waals surface area contributed by atoms with Gasteiger partial charge in [-0.2, -0.15) is 0 Å². The lowest BCUT2D eigenvalue weighted by Gasteiger charge is -2.18. The van der Waals surface area contributed by atoms with Gasteiger partial charge in [0.05, 0.1) is 0 Å². The number of rotatable bonds is 6. The maximum atomic E-state index is 6.24. The van der Waals surface area contributed by atoms with Gasteiger partial charge in [0.25, 0.3) is 0 Å². The van der Waals surface area contributed by atoms with Gasteiger partial charge in [0, 0.05) is 18.0 Å². The van der Waals surface area contributed by atoms with Gasteiger partial charge in [-0.15, -0.1) is 0 Å². The summed E-state index contributed by atoms with van der Waals surface area (Å²) in [6.45, 7) is 7.24. The van der Waals surface area contributed by atoms with Crippen LogP contribution < -0.4 is 5.32 Å². The first-order valence-corrected chi connectivity index (χ1v) is 8.22. The first-order valence-electron chi connectivity index (χ1n) is 7.84. The highest BCUT2D eigenvalue weighted by molar-refractivity contribution is 6.30. The number of nitrogens with zero attached hydrogens (tertiary/aromatic N) is 2. The Hall–Kier alpha value is -0.830. The summed E-state index contributed by atoms with van der Waals surface area (Å²) in [5, 5.41) is 4.14. The van der Waals surface area contributed by atoms with Gasteiger partial charge in [0.15, 0.2) is 0 Å². The molecule has 1 aromatic rings. The zero-order valence-electron chi connectivity index (χ0n) is 12.6. The SMILES string of the molecule is Cc1c(Cl)nc(C(C)C)nc1NCC(C1CC1)C1CC1. The Morgan fingerprint density at radius 1 is 1.15 bits per heavy atom. The third-order valence-electron chi connectivity index (χ3n) is 4.58. The van der Waals surface area contributed by atoms with E-state index < -0.39 is 0 Å². The summed E-state index contributed by atoms with van der Waals surface area (Å²) in [5.41, 5.74) is 0.974. The van der Waals surface area contributed by atoms with Crippen molar-refractivity contribution in [2.45, 2.75) is 52.4 Å². The molecule has 1 N–H and O–H groups in total. The predicted octanol–water partition coefficient (Wildman–Crippen LogP) is 4.41. The van der Waals surface area contributed by atoms with Crippen LogP contribution in [0.2, 0.25) is 5.15 Å². The van der Waals surface area contributed by atoms with Gasteiger partial charge in [0.2, 0.25) is 0 Å². The molecule has 0 saturated heterocycles. The minimum absolute atomic E-state index is 0.302. The summed E-state index contributed by atoms with van der Waals surface area (Å²) >= 11 is 6.24. The van der Waals surface area contributed by atoms with Gasteiger partial charge >= 0.3 is 0 Å². The van der Waals surface area contributed by atoms with Crippen LogP contribution in [0.25, 0.3) is 0 Å². The second kappa shape index (κ2) is 5.51. The Bertz CT molecular complexity index is 481. The molecule has 0 spiro atoms. The molecule has 110 valence electrons. The fourth-order valence-electron chi connectivity index (χ4n) is 2.92. The van der Waals surface area contributed by atoms with Gasteiger partial charge < -0.3 is 5.32 Å². The van der Waals surface area contributed by atoms with Gasteiger partial charge in [-0.3, -0.25) is 0 Å². The highest BCUT2D eigenvalue weighted by atomic mass is 35.5. The van der Waals surface area contributed by atoms with Crippen LogP contribution in [-0.4, -0.2) is 16.5 Å². The van der Waals surface area contributed by atoms with E-state index in [1.54, 1.807) is 0 Å². The molecule has 3 rings (SSSR count). The summed E-state index contributed by atoms with van der Waals surface area (Å²) in [6, 6.07) is 0. The topological polar surface area (TPSA) is 37.8 Å². The average Bonchev–Trinajstić information content (AvgIpc) is 3.26. The quantitative estimate of drug-likeness (QED) is 0.790. The van der Waals surface area contributed by atoms with Crippen LogP contribution in [0.15, 0.2) is 0 Å². The molecule has 3 nitrogen and oxygen atoms in total. The molecule has 1 heterocycles. The van der Waals surface area contributed by atoms with Crippen molar-refractivity contribution >= 4 is 17.4 Å². The van der Waals surface area contributed by atoms with Crippen molar-refractivity contribution in [1.82, 2.24) is 9.97 Å². The van der Waals surface area contributed by atoms with E-state index in [1.807, 2.05) is 6.92 Å². The molecular weight excluding hydrogens is 270 g/mol. The minimum Gasteiger partial charge on any atom is -0.369 e. The highest BCUT2D eigenvalue weighted by Crippen LogP contribution is 2.49. The van der Waals surface area contributed by atoms with Crippen molar-refractivity contribution in [3.63, 3.8) is 0 Å².